The molecule has 0 N–H and O–H groups in total. The number of piperazine rings is 1. The highest BCUT2D eigenvalue weighted by Gasteiger charge is 2.41. The van der Waals surface area contributed by atoms with Crippen molar-refractivity contribution in [2.75, 3.05) is 77.4 Å². The molecule has 0 aliphatic carbocycles. The minimum atomic E-state index is -4.03. The Hall–Kier alpha value is -3.18. The number of amides is 2. The second kappa shape index (κ2) is 9.59. The maximum Gasteiger partial charge on any atom is 0.338 e. The Morgan fingerprint density at radius 1 is 0.824 bits per heavy atom. The number of hydrogen-bond acceptors (Lipinski definition) is 8. The second-order valence-electron chi connectivity index (χ2n) is 8.09. The Kier molecular flexibility index (Phi) is 6.76. The zero-order valence-corrected chi connectivity index (χ0v) is 20.7. The van der Waals surface area contributed by atoms with E-state index in [4.69, 9.17) is 14.2 Å². The van der Waals surface area contributed by atoms with Crippen LogP contribution in [0.2, 0.25) is 0 Å². The van der Waals surface area contributed by atoms with Gasteiger partial charge in [0.2, 0.25) is 0 Å². The molecule has 1 fully saturated rings. The Bertz CT molecular complexity index is 1160. The highest BCUT2D eigenvalue weighted by Crippen LogP contribution is 2.41. The summed E-state index contributed by atoms with van der Waals surface area (Å²) in [6.07, 6.45) is 0. The molecule has 0 bridgehead atoms. The maximum absolute atomic E-state index is 13.3. The molecule has 0 unspecified atom stereocenters. The summed E-state index contributed by atoms with van der Waals surface area (Å²) in [4.78, 5) is 18.8. The zero-order valence-electron chi connectivity index (χ0n) is 19.9. The van der Waals surface area contributed by atoms with E-state index in [1.165, 1.54) is 31.3 Å². The number of ether oxygens (including phenoxy) is 3. The molecule has 184 valence electrons. The average molecular weight is 491 g/mol. The van der Waals surface area contributed by atoms with Crippen LogP contribution in [0, 0.1) is 0 Å². The number of benzene rings is 2. The van der Waals surface area contributed by atoms with E-state index in [1.807, 2.05) is 24.3 Å². The van der Waals surface area contributed by atoms with Gasteiger partial charge in [-0.05, 0) is 12.1 Å². The summed E-state index contributed by atoms with van der Waals surface area (Å²) < 4.78 is 43.7. The second-order valence-corrected chi connectivity index (χ2v) is 9.92. The number of carbonyl (C=O) groups is 1. The van der Waals surface area contributed by atoms with Gasteiger partial charge in [0.05, 0.1) is 39.2 Å². The summed E-state index contributed by atoms with van der Waals surface area (Å²) in [7, 11) is 2.09. The number of hydrogen-bond donors (Lipinski definition) is 0. The number of para-hydroxylation sites is 2. The number of fused-ring (bicyclic) bond motifs is 1. The number of carbonyl (C=O) groups excluding carboxylic acids is 1. The van der Waals surface area contributed by atoms with Crippen molar-refractivity contribution in [3.8, 4) is 17.2 Å². The summed E-state index contributed by atoms with van der Waals surface area (Å²) in [6, 6.07) is 10.2. The van der Waals surface area contributed by atoms with E-state index < -0.39 is 16.1 Å². The van der Waals surface area contributed by atoms with E-state index in [0.717, 1.165) is 41.9 Å². The lowest BCUT2D eigenvalue weighted by Crippen LogP contribution is -2.53. The fourth-order valence-electron chi connectivity index (χ4n) is 4.36. The highest BCUT2D eigenvalue weighted by molar-refractivity contribution is 7.90. The van der Waals surface area contributed by atoms with E-state index in [2.05, 4.69) is 9.80 Å². The molecular formula is C23H30N4O6S. The van der Waals surface area contributed by atoms with Crippen LogP contribution in [0.1, 0.15) is 0 Å². The van der Waals surface area contributed by atoms with Gasteiger partial charge in [0.1, 0.15) is 10.6 Å². The smallest absolute Gasteiger partial charge is 0.338 e. The Balaban J connectivity index is 1.46. The predicted octanol–water partition coefficient (Wildman–Crippen LogP) is 2.10. The summed E-state index contributed by atoms with van der Waals surface area (Å²) in [5.74, 6) is 1.48. The highest BCUT2D eigenvalue weighted by atomic mass is 32.2. The third-order valence-corrected chi connectivity index (χ3v) is 8.11. The van der Waals surface area contributed by atoms with Crippen molar-refractivity contribution in [2.24, 2.45) is 0 Å². The van der Waals surface area contributed by atoms with Crippen LogP contribution in [0.3, 0.4) is 0 Å². The van der Waals surface area contributed by atoms with Crippen LogP contribution in [0.4, 0.5) is 16.2 Å². The molecule has 2 aromatic carbocycles. The average Bonchev–Trinajstić information content (AvgIpc) is 2.86. The Morgan fingerprint density at radius 3 is 2.09 bits per heavy atom. The van der Waals surface area contributed by atoms with Crippen molar-refractivity contribution in [2.45, 2.75) is 4.90 Å². The lowest BCUT2D eigenvalue weighted by atomic mass is 10.2. The first-order valence-electron chi connectivity index (χ1n) is 11.0. The molecule has 2 heterocycles. The van der Waals surface area contributed by atoms with Crippen molar-refractivity contribution < 1.29 is 27.4 Å². The van der Waals surface area contributed by atoms with Gasteiger partial charge in [0.25, 0.3) is 10.0 Å². The quantitative estimate of drug-likeness (QED) is 0.583. The molecule has 0 saturated carbocycles. The number of urea groups is 1. The number of rotatable bonds is 7. The molecule has 10 nitrogen and oxygen atoms in total. The maximum atomic E-state index is 13.3. The molecule has 0 atom stereocenters. The van der Waals surface area contributed by atoms with Gasteiger partial charge in [-0.15, -0.1) is 0 Å². The molecule has 2 aromatic rings. The van der Waals surface area contributed by atoms with E-state index in [-0.39, 0.29) is 17.1 Å². The van der Waals surface area contributed by atoms with Gasteiger partial charge < -0.3 is 19.1 Å². The normalized spacial score (nSPS) is 18.0. The SMILES string of the molecule is COc1cc2c(cc1OC)S(=O)(=O)N(CCN1CCN(c3ccccc3OC)CC1)C(=O)N2C. The Morgan fingerprint density at radius 2 is 1.44 bits per heavy atom. The number of anilines is 2. The fraction of sp³-hybridized carbons (Fsp3) is 0.435. The lowest BCUT2D eigenvalue weighted by Gasteiger charge is -2.38. The van der Waals surface area contributed by atoms with Crippen LogP contribution in [0.25, 0.3) is 0 Å². The first kappa shape index (κ1) is 24.0. The molecule has 0 aromatic heterocycles. The largest absolute Gasteiger partial charge is 0.495 e. The minimum absolute atomic E-state index is 0.0215. The third kappa shape index (κ3) is 4.21. The van der Waals surface area contributed by atoms with Crippen LogP contribution >= 0.6 is 0 Å². The molecule has 34 heavy (non-hydrogen) atoms. The van der Waals surface area contributed by atoms with Crippen LogP contribution in [0.15, 0.2) is 41.3 Å². The molecule has 4 rings (SSSR count). The number of methoxy groups -OCH3 is 3. The van der Waals surface area contributed by atoms with E-state index in [0.29, 0.717) is 18.0 Å². The number of sulfonamides is 1. The van der Waals surface area contributed by atoms with Crippen molar-refractivity contribution in [3.05, 3.63) is 36.4 Å². The summed E-state index contributed by atoms with van der Waals surface area (Å²) in [5.41, 5.74) is 1.31. The lowest BCUT2D eigenvalue weighted by molar-refractivity contribution is 0.212. The van der Waals surface area contributed by atoms with Crippen molar-refractivity contribution in [1.82, 2.24) is 9.21 Å². The molecule has 2 aliphatic rings. The Labute approximate surface area is 200 Å². The molecular weight excluding hydrogens is 460 g/mol. The van der Waals surface area contributed by atoms with Crippen molar-refractivity contribution in [3.63, 3.8) is 0 Å². The monoisotopic (exact) mass is 490 g/mol. The topological polar surface area (TPSA) is 91.9 Å². The molecule has 1 saturated heterocycles. The zero-order chi connectivity index (χ0) is 24.5. The van der Waals surface area contributed by atoms with Gasteiger partial charge in [-0.2, -0.15) is 0 Å². The van der Waals surface area contributed by atoms with Crippen LogP contribution in [-0.2, 0) is 10.0 Å². The molecule has 11 heteroatoms. The summed E-state index contributed by atoms with van der Waals surface area (Å²) >= 11 is 0. The van der Waals surface area contributed by atoms with Crippen LogP contribution < -0.4 is 24.0 Å². The first-order chi connectivity index (χ1) is 16.3. The molecule has 2 amide bonds. The number of nitrogens with zero attached hydrogens (tertiary/aromatic N) is 4. The van der Waals surface area contributed by atoms with E-state index in [9.17, 15) is 13.2 Å². The van der Waals surface area contributed by atoms with Gasteiger partial charge in [0.15, 0.2) is 11.5 Å². The molecule has 2 aliphatic heterocycles. The predicted molar refractivity (Wildman–Crippen MR) is 129 cm³/mol. The standard InChI is InChI=1S/C23H30N4O6S/c1-24-18-15-20(32-3)21(33-4)16-22(18)34(29,30)27(23(24)28)14-11-25-9-12-26(13-10-25)17-7-5-6-8-19(17)31-2/h5-8,15-16H,9-14H2,1-4H3. The van der Waals surface area contributed by atoms with Crippen LogP contribution in [0.5, 0.6) is 17.2 Å². The fourth-order valence-corrected chi connectivity index (χ4v) is 5.97. The first-order valence-corrected chi connectivity index (χ1v) is 12.4. The van der Waals surface area contributed by atoms with Gasteiger partial charge >= 0.3 is 6.03 Å². The van der Waals surface area contributed by atoms with Gasteiger partial charge in [-0.3, -0.25) is 9.80 Å². The van der Waals surface area contributed by atoms with Crippen LogP contribution in [-0.4, -0.2) is 91.3 Å². The summed E-state index contributed by atoms with van der Waals surface area (Å²) in [5, 5.41) is 0. The van der Waals surface area contributed by atoms with Crippen molar-refractivity contribution >= 4 is 27.4 Å². The van der Waals surface area contributed by atoms with Gasteiger partial charge in [0, 0.05) is 51.9 Å². The molecule has 0 radical (unpaired) electrons. The summed E-state index contributed by atoms with van der Waals surface area (Å²) in [6.45, 7) is 3.56. The third-order valence-electron chi connectivity index (χ3n) is 6.31. The minimum Gasteiger partial charge on any atom is -0.495 e. The van der Waals surface area contributed by atoms with E-state index in [1.54, 1.807) is 14.2 Å². The van der Waals surface area contributed by atoms with Crippen molar-refractivity contribution in [1.29, 1.82) is 0 Å². The van der Waals surface area contributed by atoms with Gasteiger partial charge in [-0.1, -0.05) is 12.1 Å². The molecule has 0 spiro atoms. The van der Waals surface area contributed by atoms with Gasteiger partial charge in [-0.25, -0.2) is 17.5 Å². The van der Waals surface area contributed by atoms with E-state index >= 15 is 0 Å².